The molecule has 0 aliphatic rings. The van der Waals surface area contributed by atoms with E-state index in [9.17, 15) is 4.79 Å². The molecule has 3 N–H and O–H groups in total. The third-order valence-corrected chi connectivity index (χ3v) is 3.61. The second kappa shape index (κ2) is 6.18. The van der Waals surface area contributed by atoms with Gasteiger partial charge in [-0.05, 0) is 48.9 Å². The summed E-state index contributed by atoms with van der Waals surface area (Å²) in [7, 11) is 3.97. The van der Waals surface area contributed by atoms with Crippen molar-refractivity contribution < 1.29 is 4.79 Å². The van der Waals surface area contributed by atoms with Gasteiger partial charge in [-0.2, -0.15) is 0 Å². The molecule has 0 unspecified atom stereocenters. The highest BCUT2D eigenvalue weighted by Crippen LogP contribution is 2.23. The van der Waals surface area contributed by atoms with Crippen LogP contribution in [0, 0.1) is 6.92 Å². The summed E-state index contributed by atoms with van der Waals surface area (Å²) in [5.74, 6) is -0.177. The van der Waals surface area contributed by atoms with Crippen molar-refractivity contribution in [2.24, 2.45) is 0 Å². The highest BCUT2D eigenvalue weighted by atomic mass is 79.9. The molecule has 0 heterocycles. The van der Waals surface area contributed by atoms with Crippen LogP contribution in [0.15, 0.2) is 40.9 Å². The first-order valence-electron chi connectivity index (χ1n) is 6.52. The van der Waals surface area contributed by atoms with E-state index in [1.807, 2.05) is 44.1 Å². The van der Waals surface area contributed by atoms with E-state index in [0.29, 0.717) is 11.3 Å². The molecule has 0 atom stereocenters. The van der Waals surface area contributed by atoms with Crippen molar-refractivity contribution in [2.75, 3.05) is 30.0 Å². The number of rotatable bonds is 3. The third kappa shape index (κ3) is 3.76. The zero-order valence-electron chi connectivity index (χ0n) is 12.3. The number of hydrogen-bond donors (Lipinski definition) is 2. The molecule has 110 valence electrons. The molecule has 2 aromatic carbocycles. The van der Waals surface area contributed by atoms with Gasteiger partial charge >= 0.3 is 0 Å². The molecule has 0 saturated carbocycles. The average Bonchev–Trinajstić information content (AvgIpc) is 2.39. The standard InChI is InChI=1S/C16H18BrN3O/c1-10-6-14(20(2)3)4-5-15(10)19-16(21)11-7-12(17)9-13(18)8-11/h4-9H,18H2,1-3H3,(H,19,21). The molecule has 0 aromatic heterocycles. The molecule has 0 radical (unpaired) electrons. The van der Waals surface area contributed by atoms with Gasteiger partial charge in [-0.3, -0.25) is 4.79 Å². The zero-order chi connectivity index (χ0) is 15.6. The summed E-state index contributed by atoms with van der Waals surface area (Å²) >= 11 is 3.34. The van der Waals surface area contributed by atoms with Crippen molar-refractivity contribution >= 4 is 38.9 Å². The maximum atomic E-state index is 12.3. The fourth-order valence-electron chi connectivity index (χ4n) is 2.00. The van der Waals surface area contributed by atoms with Gasteiger partial charge < -0.3 is 16.0 Å². The van der Waals surface area contributed by atoms with Crippen LogP contribution in [0.1, 0.15) is 15.9 Å². The van der Waals surface area contributed by atoms with Crippen LogP contribution in [0.2, 0.25) is 0 Å². The Morgan fingerprint density at radius 1 is 1.19 bits per heavy atom. The molecule has 0 spiro atoms. The molecule has 0 aliphatic carbocycles. The van der Waals surface area contributed by atoms with E-state index in [-0.39, 0.29) is 5.91 Å². The molecule has 5 heteroatoms. The van der Waals surface area contributed by atoms with Crippen molar-refractivity contribution in [2.45, 2.75) is 6.92 Å². The summed E-state index contributed by atoms with van der Waals surface area (Å²) in [6.45, 7) is 1.97. The number of amides is 1. The van der Waals surface area contributed by atoms with Gasteiger partial charge in [-0.15, -0.1) is 0 Å². The van der Waals surface area contributed by atoms with Crippen molar-refractivity contribution in [1.82, 2.24) is 0 Å². The first-order chi connectivity index (χ1) is 9.86. The van der Waals surface area contributed by atoms with Crippen LogP contribution in [0.3, 0.4) is 0 Å². The number of anilines is 3. The molecule has 0 aliphatic heterocycles. The number of nitrogens with one attached hydrogen (secondary N) is 1. The topological polar surface area (TPSA) is 58.4 Å². The quantitative estimate of drug-likeness (QED) is 0.833. The van der Waals surface area contributed by atoms with Crippen molar-refractivity contribution in [3.8, 4) is 0 Å². The largest absolute Gasteiger partial charge is 0.399 e. The van der Waals surface area contributed by atoms with Crippen molar-refractivity contribution in [1.29, 1.82) is 0 Å². The Hall–Kier alpha value is -2.01. The average molecular weight is 348 g/mol. The van der Waals surface area contributed by atoms with E-state index < -0.39 is 0 Å². The lowest BCUT2D eigenvalue weighted by Crippen LogP contribution is -2.14. The molecule has 4 nitrogen and oxygen atoms in total. The Morgan fingerprint density at radius 3 is 2.48 bits per heavy atom. The summed E-state index contributed by atoms with van der Waals surface area (Å²) in [4.78, 5) is 14.3. The smallest absolute Gasteiger partial charge is 0.255 e. The van der Waals surface area contributed by atoms with Crippen LogP contribution in [0.4, 0.5) is 17.1 Å². The van der Waals surface area contributed by atoms with Crippen LogP contribution < -0.4 is 16.0 Å². The van der Waals surface area contributed by atoms with E-state index in [0.717, 1.165) is 21.4 Å². The highest BCUT2D eigenvalue weighted by molar-refractivity contribution is 9.10. The first-order valence-corrected chi connectivity index (χ1v) is 7.31. The lowest BCUT2D eigenvalue weighted by atomic mass is 10.1. The Morgan fingerprint density at radius 2 is 1.90 bits per heavy atom. The van der Waals surface area contributed by atoms with Crippen molar-refractivity contribution in [3.05, 3.63) is 52.0 Å². The Balaban J connectivity index is 2.23. The molecular formula is C16H18BrN3O. The van der Waals surface area contributed by atoms with Crippen molar-refractivity contribution in [3.63, 3.8) is 0 Å². The summed E-state index contributed by atoms with van der Waals surface area (Å²) < 4.78 is 0.785. The minimum absolute atomic E-state index is 0.177. The van der Waals surface area contributed by atoms with Gasteiger partial charge in [0.05, 0.1) is 0 Å². The van der Waals surface area contributed by atoms with Gasteiger partial charge in [-0.25, -0.2) is 0 Å². The molecular weight excluding hydrogens is 330 g/mol. The molecule has 0 bridgehead atoms. The Bertz CT molecular complexity index is 663. The minimum atomic E-state index is -0.177. The van der Waals surface area contributed by atoms with E-state index >= 15 is 0 Å². The molecule has 1 amide bonds. The van der Waals surface area contributed by atoms with E-state index in [4.69, 9.17) is 5.73 Å². The number of nitrogen functional groups attached to an aromatic ring is 1. The number of aryl methyl sites for hydroxylation is 1. The summed E-state index contributed by atoms with van der Waals surface area (Å²) in [6, 6.07) is 11.1. The van der Waals surface area contributed by atoms with E-state index in [2.05, 4.69) is 21.2 Å². The molecule has 0 saturated heterocycles. The van der Waals surface area contributed by atoms with Gasteiger partial charge in [-0.1, -0.05) is 15.9 Å². The van der Waals surface area contributed by atoms with Gasteiger partial charge in [0.2, 0.25) is 0 Å². The van der Waals surface area contributed by atoms with Crippen LogP contribution in [0.25, 0.3) is 0 Å². The monoisotopic (exact) mass is 347 g/mol. The number of carbonyl (C=O) groups is 1. The third-order valence-electron chi connectivity index (χ3n) is 3.16. The Labute approximate surface area is 133 Å². The predicted octanol–water partition coefficient (Wildman–Crippen LogP) is 3.66. The van der Waals surface area contributed by atoms with Gasteiger partial charge in [0.25, 0.3) is 5.91 Å². The predicted molar refractivity (Wildman–Crippen MR) is 92.0 cm³/mol. The lowest BCUT2D eigenvalue weighted by Gasteiger charge is -2.15. The maximum Gasteiger partial charge on any atom is 0.255 e. The van der Waals surface area contributed by atoms with Gasteiger partial charge in [0.1, 0.15) is 0 Å². The first kappa shape index (κ1) is 15.4. The minimum Gasteiger partial charge on any atom is -0.399 e. The fourth-order valence-corrected chi connectivity index (χ4v) is 2.52. The van der Waals surface area contributed by atoms with Gasteiger partial charge in [0, 0.05) is 41.2 Å². The van der Waals surface area contributed by atoms with E-state index in [1.54, 1.807) is 18.2 Å². The molecule has 21 heavy (non-hydrogen) atoms. The van der Waals surface area contributed by atoms with Crippen LogP contribution in [-0.2, 0) is 0 Å². The maximum absolute atomic E-state index is 12.3. The van der Waals surface area contributed by atoms with E-state index in [1.165, 1.54) is 0 Å². The van der Waals surface area contributed by atoms with Crippen LogP contribution in [-0.4, -0.2) is 20.0 Å². The number of carbonyl (C=O) groups excluding carboxylic acids is 1. The van der Waals surface area contributed by atoms with Crippen LogP contribution in [0.5, 0.6) is 0 Å². The summed E-state index contributed by atoms with van der Waals surface area (Å²) in [5, 5.41) is 2.91. The van der Waals surface area contributed by atoms with Gasteiger partial charge in [0.15, 0.2) is 0 Å². The SMILES string of the molecule is Cc1cc(N(C)C)ccc1NC(=O)c1cc(N)cc(Br)c1. The fraction of sp³-hybridized carbons (Fsp3) is 0.188. The lowest BCUT2D eigenvalue weighted by molar-refractivity contribution is 0.102. The number of hydrogen-bond acceptors (Lipinski definition) is 3. The summed E-state index contributed by atoms with van der Waals surface area (Å²) in [6.07, 6.45) is 0. The number of halogens is 1. The number of benzene rings is 2. The number of nitrogens with zero attached hydrogens (tertiary/aromatic N) is 1. The highest BCUT2D eigenvalue weighted by Gasteiger charge is 2.10. The second-order valence-electron chi connectivity index (χ2n) is 5.12. The molecule has 0 fully saturated rings. The van der Waals surface area contributed by atoms with Crippen LogP contribution >= 0.6 is 15.9 Å². The molecule has 2 rings (SSSR count). The normalized spacial score (nSPS) is 10.3. The zero-order valence-corrected chi connectivity index (χ0v) is 13.9. The Kier molecular flexibility index (Phi) is 4.53. The second-order valence-corrected chi connectivity index (χ2v) is 6.04. The molecule has 2 aromatic rings. The number of nitrogens with two attached hydrogens (primary N) is 1. The summed E-state index contributed by atoms with van der Waals surface area (Å²) in [5.41, 5.74) is 9.74.